The van der Waals surface area contributed by atoms with Crippen LogP contribution >= 0.6 is 11.8 Å². The molecule has 1 fully saturated rings. The van der Waals surface area contributed by atoms with E-state index in [1.807, 2.05) is 0 Å². The first-order valence-electron chi connectivity index (χ1n) is 11.5. The number of hydrogen-bond donors (Lipinski definition) is 2. The molecule has 1 heterocycles. The largest absolute Gasteiger partial charge is 0.357 e. The summed E-state index contributed by atoms with van der Waals surface area (Å²) in [5.74, 6) is 2.07. The average molecular weight is 419 g/mol. The SMILES string of the molecule is CCNC(=NCCCc1nnc(SC)n1C1CCCC1)NCCC1=CCCCC1. The van der Waals surface area contributed by atoms with E-state index in [-0.39, 0.29) is 0 Å². The Labute approximate surface area is 180 Å². The number of rotatable bonds is 10. The number of hydrogen-bond acceptors (Lipinski definition) is 4. The second kappa shape index (κ2) is 12.3. The molecule has 6 nitrogen and oxygen atoms in total. The normalized spacial score (nSPS) is 18.1. The lowest BCUT2D eigenvalue weighted by molar-refractivity contribution is 0.461. The van der Waals surface area contributed by atoms with Gasteiger partial charge < -0.3 is 15.2 Å². The molecule has 1 aromatic heterocycles. The number of allylic oxidation sites excluding steroid dienone is 1. The third kappa shape index (κ3) is 6.76. The molecule has 0 radical (unpaired) electrons. The highest BCUT2D eigenvalue weighted by molar-refractivity contribution is 7.98. The van der Waals surface area contributed by atoms with E-state index in [2.05, 4.69) is 44.7 Å². The molecule has 3 rings (SSSR count). The van der Waals surface area contributed by atoms with Gasteiger partial charge in [-0.05, 0) is 64.5 Å². The monoisotopic (exact) mass is 418 g/mol. The predicted octanol–water partition coefficient (Wildman–Crippen LogP) is 4.49. The van der Waals surface area contributed by atoms with Crippen molar-refractivity contribution in [3.05, 3.63) is 17.5 Å². The van der Waals surface area contributed by atoms with Crippen molar-refractivity contribution in [2.24, 2.45) is 4.99 Å². The Morgan fingerprint density at radius 3 is 2.76 bits per heavy atom. The summed E-state index contributed by atoms with van der Waals surface area (Å²) in [5.41, 5.74) is 1.61. The first-order chi connectivity index (χ1) is 14.3. The summed E-state index contributed by atoms with van der Waals surface area (Å²) >= 11 is 1.71. The number of nitrogens with one attached hydrogen (secondary N) is 2. The molecular formula is C22H38N6S. The average Bonchev–Trinajstić information content (AvgIpc) is 3.41. The van der Waals surface area contributed by atoms with Crippen LogP contribution in [0.15, 0.2) is 21.8 Å². The third-order valence-electron chi connectivity index (χ3n) is 5.90. The fourth-order valence-corrected chi connectivity index (χ4v) is 4.96. The van der Waals surface area contributed by atoms with E-state index in [0.29, 0.717) is 6.04 Å². The van der Waals surface area contributed by atoms with Crippen LogP contribution in [-0.2, 0) is 6.42 Å². The van der Waals surface area contributed by atoms with Gasteiger partial charge in [0, 0.05) is 32.1 Å². The zero-order valence-corrected chi connectivity index (χ0v) is 19.1. The van der Waals surface area contributed by atoms with E-state index < -0.39 is 0 Å². The summed E-state index contributed by atoms with van der Waals surface area (Å²) in [4.78, 5) is 4.78. The summed E-state index contributed by atoms with van der Waals surface area (Å²) < 4.78 is 2.41. The van der Waals surface area contributed by atoms with Crippen LogP contribution in [0.1, 0.15) is 83.0 Å². The highest BCUT2D eigenvalue weighted by Crippen LogP contribution is 2.33. The molecule has 162 valence electrons. The van der Waals surface area contributed by atoms with Crippen molar-refractivity contribution in [2.75, 3.05) is 25.9 Å². The highest BCUT2D eigenvalue weighted by Gasteiger charge is 2.23. The van der Waals surface area contributed by atoms with Crippen LogP contribution in [0.4, 0.5) is 0 Å². The zero-order valence-electron chi connectivity index (χ0n) is 18.3. The van der Waals surface area contributed by atoms with Crippen molar-refractivity contribution in [1.29, 1.82) is 0 Å². The van der Waals surface area contributed by atoms with Crippen LogP contribution < -0.4 is 10.6 Å². The van der Waals surface area contributed by atoms with Crippen molar-refractivity contribution in [1.82, 2.24) is 25.4 Å². The summed E-state index contributed by atoms with van der Waals surface area (Å²) in [6, 6.07) is 0.596. The standard InChI is InChI=1S/C22H38N6S/c1-3-23-21(25-17-15-18-10-5-4-6-11-18)24-16-9-14-20-26-27-22(29-2)28(20)19-12-7-8-13-19/h10,19H,3-9,11-17H2,1-2H3,(H2,23,24,25). The Hall–Kier alpha value is -1.50. The van der Waals surface area contributed by atoms with Crippen molar-refractivity contribution in [3.8, 4) is 0 Å². The maximum Gasteiger partial charge on any atom is 0.191 e. The van der Waals surface area contributed by atoms with Gasteiger partial charge in [0.2, 0.25) is 0 Å². The predicted molar refractivity (Wildman–Crippen MR) is 123 cm³/mol. The van der Waals surface area contributed by atoms with Gasteiger partial charge in [0.05, 0.1) is 0 Å². The van der Waals surface area contributed by atoms with Crippen molar-refractivity contribution < 1.29 is 0 Å². The molecule has 2 N–H and O–H groups in total. The molecule has 2 aliphatic carbocycles. The maximum atomic E-state index is 4.78. The Morgan fingerprint density at radius 1 is 1.17 bits per heavy atom. The van der Waals surface area contributed by atoms with E-state index in [4.69, 9.17) is 4.99 Å². The number of aliphatic imine (C=N–C) groups is 1. The molecule has 0 aromatic carbocycles. The molecular weight excluding hydrogens is 380 g/mol. The highest BCUT2D eigenvalue weighted by atomic mass is 32.2. The van der Waals surface area contributed by atoms with E-state index in [9.17, 15) is 0 Å². The first kappa shape index (κ1) is 22.2. The maximum absolute atomic E-state index is 4.78. The molecule has 0 aliphatic heterocycles. The molecule has 1 saturated carbocycles. The fraction of sp³-hybridized carbons (Fsp3) is 0.773. The van der Waals surface area contributed by atoms with Gasteiger partial charge in [-0.3, -0.25) is 4.99 Å². The second-order valence-corrected chi connectivity index (χ2v) is 8.83. The number of thioether (sulfide) groups is 1. The quantitative estimate of drug-likeness (QED) is 0.193. The molecule has 0 amide bonds. The van der Waals surface area contributed by atoms with Gasteiger partial charge in [0.25, 0.3) is 0 Å². The van der Waals surface area contributed by atoms with Gasteiger partial charge in [0.1, 0.15) is 5.82 Å². The summed E-state index contributed by atoms with van der Waals surface area (Å²) in [5, 5.41) is 16.9. The van der Waals surface area contributed by atoms with E-state index >= 15 is 0 Å². The van der Waals surface area contributed by atoms with Crippen LogP contribution in [-0.4, -0.2) is 46.6 Å². The van der Waals surface area contributed by atoms with Crippen LogP contribution in [0.2, 0.25) is 0 Å². The summed E-state index contributed by atoms with van der Waals surface area (Å²) in [6.45, 7) is 4.78. The van der Waals surface area contributed by atoms with Crippen LogP contribution in [0.5, 0.6) is 0 Å². The number of aromatic nitrogens is 3. The van der Waals surface area contributed by atoms with Crippen LogP contribution in [0, 0.1) is 0 Å². The van der Waals surface area contributed by atoms with Gasteiger partial charge in [-0.2, -0.15) is 0 Å². The molecule has 0 atom stereocenters. The van der Waals surface area contributed by atoms with Gasteiger partial charge in [-0.25, -0.2) is 0 Å². The van der Waals surface area contributed by atoms with Crippen molar-refractivity contribution >= 4 is 17.7 Å². The number of guanidine groups is 1. The molecule has 2 aliphatic rings. The van der Waals surface area contributed by atoms with Crippen LogP contribution in [0.25, 0.3) is 0 Å². The first-order valence-corrected chi connectivity index (χ1v) is 12.7. The molecule has 1 aromatic rings. The number of nitrogens with zero attached hydrogens (tertiary/aromatic N) is 4. The Kier molecular flexibility index (Phi) is 9.38. The molecule has 0 unspecified atom stereocenters. The molecule has 0 spiro atoms. The summed E-state index contributed by atoms with van der Waals surface area (Å²) in [6.07, 6.45) is 18.0. The second-order valence-electron chi connectivity index (χ2n) is 8.06. The minimum absolute atomic E-state index is 0.596. The van der Waals surface area contributed by atoms with Gasteiger partial charge >= 0.3 is 0 Å². The van der Waals surface area contributed by atoms with Gasteiger partial charge in [0.15, 0.2) is 11.1 Å². The Balaban J connectivity index is 1.47. The van der Waals surface area contributed by atoms with E-state index in [1.165, 1.54) is 51.4 Å². The lowest BCUT2D eigenvalue weighted by Gasteiger charge is -2.16. The lowest BCUT2D eigenvalue weighted by atomic mass is 9.97. The minimum atomic E-state index is 0.596. The van der Waals surface area contributed by atoms with E-state index in [0.717, 1.165) is 55.8 Å². The van der Waals surface area contributed by atoms with Gasteiger partial charge in [-0.1, -0.05) is 36.3 Å². The van der Waals surface area contributed by atoms with E-state index in [1.54, 1.807) is 17.3 Å². The topological polar surface area (TPSA) is 67.1 Å². The molecule has 0 saturated heterocycles. The van der Waals surface area contributed by atoms with Crippen LogP contribution in [0.3, 0.4) is 0 Å². The minimum Gasteiger partial charge on any atom is -0.357 e. The fourth-order valence-electron chi connectivity index (χ4n) is 4.39. The number of aryl methyl sites for hydroxylation is 1. The van der Waals surface area contributed by atoms with Gasteiger partial charge in [-0.15, -0.1) is 10.2 Å². The summed E-state index contributed by atoms with van der Waals surface area (Å²) in [7, 11) is 0. The lowest BCUT2D eigenvalue weighted by Crippen LogP contribution is -2.38. The molecule has 7 heteroatoms. The Bertz CT molecular complexity index is 675. The molecule has 29 heavy (non-hydrogen) atoms. The van der Waals surface area contributed by atoms with Crippen molar-refractivity contribution in [3.63, 3.8) is 0 Å². The zero-order chi connectivity index (χ0) is 20.3. The third-order valence-corrected chi connectivity index (χ3v) is 6.55. The Morgan fingerprint density at radius 2 is 2.03 bits per heavy atom. The smallest absolute Gasteiger partial charge is 0.191 e. The molecule has 0 bridgehead atoms. The van der Waals surface area contributed by atoms with Crippen molar-refractivity contribution in [2.45, 2.75) is 88.8 Å².